The number of hydrogen-bond donors (Lipinski definition) is 2. The van der Waals surface area contributed by atoms with Crippen LogP contribution in [-0.2, 0) is 52.4 Å². The summed E-state index contributed by atoms with van der Waals surface area (Å²) in [7, 11) is 1.88. The van der Waals surface area contributed by atoms with Crippen LogP contribution in [0.3, 0.4) is 0 Å². The largest absolute Gasteiger partial charge is 0.460 e. The van der Waals surface area contributed by atoms with Gasteiger partial charge in [0.1, 0.15) is 13.2 Å². The lowest BCUT2D eigenvalue weighted by Gasteiger charge is -2.21. The van der Waals surface area contributed by atoms with E-state index in [1.54, 1.807) is 20.1 Å². The van der Waals surface area contributed by atoms with Crippen LogP contribution in [0, 0.1) is 11.8 Å². The normalized spacial score (nSPS) is 13.7. The summed E-state index contributed by atoms with van der Waals surface area (Å²) in [4.78, 5) is 49.6. The van der Waals surface area contributed by atoms with E-state index in [0.717, 1.165) is 11.1 Å². The van der Waals surface area contributed by atoms with Crippen molar-refractivity contribution in [2.45, 2.75) is 52.6 Å². The fourth-order valence-corrected chi connectivity index (χ4v) is 6.88. The molecule has 0 aliphatic heterocycles. The van der Waals surface area contributed by atoms with Crippen LogP contribution in [0.2, 0.25) is 0 Å². The molecule has 0 radical (unpaired) electrons. The van der Waals surface area contributed by atoms with Crippen molar-refractivity contribution >= 4 is 56.3 Å². The summed E-state index contributed by atoms with van der Waals surface area (Å²) in [5.74, 6) is -0.750. The Kier molecular flexibility index (Phi) is 17.6. The van der Waals surface area contributed by atoms with Crippen molar-refractivity contribution in [1.29, 1.82) is 0 Å². The number of nitrogens with one attached hydrogen (secondary N) is 2. The van der Waals surface area contributed by atoms with Crippen molar-refractivity contribution in [1.82, 2.24) is 10.6 Å². The Morgan fingerprint density at radius 2 is 1.48 bits per heavy atom. The number of hydrogen-bond acceptors (Lipinski definition) is 10. The van der Waals surface area contributed by atoms with Crippen molar-refractivity contribution in [2.75, 3.05) is 30.1 Å². The molecule has 0 saturated carbocycles. The van der Waals surface area contributed by atoms with Crippen LogP contribution in [0.25, 0.3) is 0 Å². The van der Waals surface area contributed by atoms with Crippen molar-refractivity contribution in [3.63, 3.8) is 0 Å². The van der Waals surface area contributed by atoms with E-state index in [1.807, 2.05) is 60.7 Å². The Hall–Kier alpha value is -3.03. The second kappa shape index (κ2) is 20.8. The highest BCUT2D eigenvalue weighted by atomic mass is 33.1. The molecule has 4 atom stereocenters. The molecule has 10 nitrogen and oxygen atoms in total. The first kappa shape index (κ1) is 37.2. The van der Waals surface area contributed by atoms with Gasteiger partial charge < -0.3 is 24.8 Å². The molecule has 0 saturated heterocycles. The molecule has 2 amide bonds. The lowest BCUT2D eigenvalue weighted by molar-refractivity contribution is -0.168. The number of carbonyl (C=O) groups excluding carboxylic acids is 4. The van der Waals surface area contributed by atoms with Crippen molar-refractivity contribution in [2.24, 2.45) is 11.8 Å². The molecule has 0 bridgehead atoms. The molecule has 0 fully saturated rings. The van der Waals surface area contributed by atoms with Crippen LogP contribution in [-0.4, -0.2) is 70.5 Å². The van der Waals surface area contributed by atoms with Gasteiger partial charge in [-0.2, -0.15) is 0 Å². The summed E-state index contributed by atoms with van der Waals surface area (Å²) in [6.07, 6.45) is 0.724. The van der Waals surface area contributed by atoms with E-state index in [9.17, 15) is 23.4 Å². The van der Waals surface area contributed by atoms with Gasteiger partial charge in [0.05, 0.1) is 11.8 Å². The summed E-state index contributed by atoms with van der Waals surface area (Å²) in [5.41, 5.74) is 1.85. The molecular formula is C31H42N2O8S3. The Bertz CT molecular complexity index is 1200. The van der Waals surface area contributed by atoms with Gasteiger partial charge in [-0.25, -0.2) is 4.79 Å². The van der Waals surface area contributed by atoms with E-state index in [4.69, 9.17) is 14.2 Å². The van der Waals surface area contributed by atoms with E-state index >= 15 is 0 Å². The van der Waals surface area contributed by atoms with Crippen LogP contribution in [0.1, 0.15) is 38.3 Å². The molecule has 0 aliphatic carbocycles. The van der Waals surface area contributed by atoms with Crippen LogP contribution in [0.5, 0.6) is 0 Å². The predicted octanol–water partition coefficient (Wildman–Crippen LogP) is 4.49. The van der Waals surface area contributed by atoms with Gasteiger partial charge in [-0.15, -0.1) is 0 Å². The topological polar surface area (TPSA) is 137 Å². The van der Waals surface area contributed by atoms with Crippen LogP contribution >= 0.6 is 21.6 Å². The van der Waals surface area contributed by atoms with Gasteiger partial charge in [-0.3, -0.25) is 18.6 Å². The highest BCUT2D eigenvalue weighted by Crippen LogP contribution is 2.27. The third-order valence-electron chi connectivity index (χ3n) is 6.07. The summed E-state index contributed by atoms with van der Waals surface area (Å²) < 4.78 is 27.2. The van der Waals surface area contributed by atoms with E-state index in [-0.39, 0.29) is 31.0 Å². The zero-order valence-corrected chi connectivity index (χ0v) is 28.0. The molecule has 44 heavy (non-hydrogen) atoms. The Labute approximate surface area is 270 Å². The lowest BCUT2D eigenvalue weighted by atomic mass is 10.0. The minimum Gasteiger partial charge on any atom is -0.460 e. The zero-order chi connectivity index (χ0) is 32.3. The van der Waals surface area contributed by atoms with E-state index < -0.39 is 41.0 Å². The molecule has 13 heteroatoms. The van der Waals surface area contributed by atoms with Gasteiger partial charge in [0.15, 0.2) is 0 Å². The molecule has 4 unspecified atom stereocenters. The highest BCUT2D eigenvalue weighted by Gasteiger charge is 2.22. The quantitative estimate of drug-likeness (QED) is 0.0955. The number of ether oxygens (including phenoxy) is 3. The van der Waals surface area contributed by atoms with Gasteiger partial charge in [0, 0.05) is 47.3 Å². The molecule has 2 N–H and O–H groups in total. The van der Waals surface area contributed by atoms with E-state index in [2.05, 4.69) is 10.6 Å². The number of amides is 2. The number of esters is 2. The minimum absolute atomic E-state index is 0.131. The Balaban J connectivity index is 1.89. The average molecular weight is 667 g/mol. The standard InChI is InChI=1S/C31H42N2O8S3/c1-22(2)30(36)40-23(3)41-31(37)33-27(15-16-44(4)38)21-43-42-20-26(17-24-11-7-5-8-12-24)29(35)32-18-28(34)39-19-25-13-9-6-10-14-25/h5-14,22-23,26-27H,15-21H2,1-4H3,(H,32,35)(H,33,37). The van der Waals surface area contributed by atoms with Gasteiger partial charge >= 0.3 is 18.0 Å². The minimum atomic E-state index is -1.06. The van der Waals surface area contributed by atoms with Gasteiger partial charge in [-0.05, 0) is 24.0 Å². The zero-order valence-electron chi connectivity index (χ0n) is 25.5. The van der Waals surface area contributed by atoms with Crippen molar-refractivity contribution in [3.8, 4) is 0 Å². The van der Waals surface area contributed by atoms with Crippen molar-refractivity contribution < 1.29 is 37.6 Å². The molecule has 0 heterocycles. The Morgan fingerprint density at radius 1 is 0.864 bits per heavy atom. The maximum Gasteiger partial charge on any atom is 0.410 e. The molecule has 2 aromatic rings. The number of rotatable bonds is 19. The number of alkyl carbamates (subject to hydrolysis) is 1. The molecule has 2 aromatic carbocycles. The lowest BCUT2D eigenvalue weighted by Crippen LogP contribution is -2.40. The van der Waals surface area contributed by atoms with Crippen LogP contribution in [0.4, 0.5) is 4.79 Å². The van der Waals surface area contributed by atoms with Crippen LogP contribution < -0.4 is 10.6 Å². The van der Waals surface area contributed by atoms with Crippen LogP contribution in [0.15, 0.2) is 60.7 Å². The number of benzene rings is 2. The SMILES string of the molecule is CC(OC(=O)NC(CCS(C)=O)CSSCC(Cc1ccccc1)C(=O)NCC(=O)OCc1ccccc1)OC(=O)C(C)C. The third kappa shape index (κ3) is 16.2. The first-order valence-electron chi connectivity index (χ1n) is 14.3. The molecule has 0 aliphatic rings. The highest BCUT2D eigenvalue weighted by molar-refractivity contribution is 8.76. The maximum atomic E-state index is 13.1. The summed E-state index contributed by atoms with van der Waals surface area (Å²) in [6, 6.07) is 18.6. The van der Waals surface area contributed by atoms with E-state index in [0.29, 0.717) is 30.1 Å². The smallest absolute Gasteiger partial charge is 0.410 e. The maximum absolute atomic E-state index is 13.1. The van der Waals surface area contributed by atoms with Crippen molar-refractivity contribution in [3.05, 3.63) is 71.8 Å². The fourth-order valence-electron chi connectivity index (χ4n) is 3.66. The van der Waals surface area contributed by atoms with Gasteiger partial charge in [-0.1, -0.05) is 96.1 Å². The summed E-state index contributed by atoms with van der Waals surface area (Å²) in [5, 5.41) is 5.47. The van der Waals surface area contributed by atoms with Gasteiger partial charge in [0.2, 0.25) is 12.2 Å². The summed E-state index contributed by atoms with van der Waals surface area (Å²) in [6.45, 7) is 4.72. The molecule has 0 aromatic heterocycles. The monoisotopic (exact) mass is 666 g/mol. The van der Waals surface area contributed by atoms with E-state index in [1.165, 1.54) is 28.5 Å². The Morgan fingerprint density at radius 3 is 2.09 bits per heavy atom. The molecule has 2 rings (SSSR count). The third-order valence-corrected chi connectivity index (χ3v) is 9.44. The molecule has 0 spiro atoms. The fraction of sp³-hybridized carbons (Fsp3) is 0.484. The number of carbonyl (C=O) groups is 4. The van der Waals surface area contributed by atoms with Gasteiger partial charge in [0.25, 0.3) is 0 Å². The second-order valence-corrected chi connectivity index (χ2v) is 14.4. The summed E-state index contributed by atoms with van der Waals surface area (Å²) >= 11 is 0. The predicted molar refractivity (Wildman–Crippen MR) is 175 cm³/mol. The second-order valence-electron chi connectivity index (χ2n) is 10.3. The first-order valence-corrected chi connectivity index (χ1v) is 18.5. The molecular weight excluding hydrogens is 625 g/mol. The molecule has 242 valence electrons. The first-order chi connectivity index (χ1) is 21.0. The average Bonchev–Trinajstić information content (AvgIpc) is 2.99.